The Morgan fingerprint density at radius 3 is 2.70 bits per heavy atom. The van der Waals surface area contributed by atoms with Gasteiger partial charge in [-0.25, -0.2) is 15.0 Å². The molecule has 152 valence electrons. The number of carbonyl (C=O) groups is 1. The molecule has 0 amide bonds. The zero-order chi connectivity index (χ0) is 21.1. The fourth-order valence-electron chi connectivity index (χ4n) is 3.23. The summed E-state index contributed by atoms with van der Waals surface area (Å²) >= 11 is 5.78. The number of hydrogen-bond acceptors (Lipinski definition) is 5. The van der Waals surface area contributed by atoms with Crippen LogP contribution in [0, 0.1) is 5.95 Å². The van der Waals surface area contributed by atoms with E-state index in [1.165, 1.54) is 0 Å². The number of halogens is 2. The third-order valence-corrected chi connectivity index (χ3v) is 4.92. The van der Waals surface area contributed by atoms with Gasteiger partial charge in [0.05, 0.1) is 0 Å². The summed E-state index contributed by atoms with van der Waals surface area (Å²) < 4.78 is 14.6. The molecule has 0 fully saturated rings. The van der Waals surface area contributed by atoms with Crippen LogP contribution in [0.25, 0.3) is 11.0 Å². The Morgan fingerprint density at radius 2 is 1.97 bits per heavy atom. The molecule has 0 aliphatic heterocycles. The average Bonchev–Trinajstić information content (AvgIpc) is 3.11. The minimum absolute atomic E-state index is 0.0703. The molecule has 0 bridgehead atoms. The van der Waals surface area contributed by atoms with Crippen molar-refractivity contribution in [1.29, 1.82) is 0 Å². The zero-order valence-corrected chi connectivity index (χ0v) is 17.0. The highest BCUT2D eigenvalue weighted by Crippen LogP contribution is 2.23. The zero-order valence-electron chi connectivity index (χ0n) is 16.2. The van der Waals surface area contributed by atoms with Gasteiger partial charge in [-0.3, -0.25) is 4.79 Å². The number of ketones is 1. The molecule has 6 nitrogen and oxygen atoms in total. The lowest BCUT2D eigenvalue weighted by Crippen LogP contribution is -2.04. The second-order valence-electron chi connectivity index (χ2n) is 7.10. The average molecular weight is 424 g/mol. The Bertz CT molecular complexity index is 1210. The van der Waals surface area contributed by atoms with Gasteiger partial charge in [-0.1, -0.05) is 23.7 Å². The van der Waals surface area contributed by atoms with Crippen molar-refractivity contribution >= 4 is 34.2 Å². The Balaban J connectivity index is 1.49. The van der Waals surface area contributed by atoms with E-state index < -0.39 is 5.95 Å². The van der Waals surface area contributed by atoms with Crippen molar-refractivity contribution in [2.45, 2.75) is 26.3 Å². The molecule has 4 aromatic rings. The number of fused-ring (bicyclic) bond motifs is 1. The molecular weight excluding hydrogens is 405 g/mol. The number of rotatable bonds is 7. The van der Waals surface area contributed by atoms with Gasteiger partial charge in [-0.2, -0.15) is 4.39 Å². The van der Waals surface area contributed by atoms with Crippen LogP contribution in [0.2, 0.25) is 5.15 Å². The Kier molecular flexibility index (Phi) is 5.72. The van der Waals surface area contributed by atoms with E-state index >= 15 is 0 Å². The molecule has 0 saturated carbocycles. The summed E-state index contributed by atoms with van der Waals surface area (Å²) in [7, 11) is 0. The predicted molar refractivity (Wildman–Crippen MR) is 114 cm³/mol. The number of nitrogens with zero attached hydrogens (tertiary/aromatic N) is 3. The van der Waals surface area contributed by atoms with Gasteiger partial charge in [-0.15, -0.1) is 0 Å². The van der Waals surface area contributed by atoms with Crippen molar-refractivity contribution in [3.8, 4) is 0 Å². The number of nitrogens with one attached hydrogen (secondary N) is 2. The van der Waals surface area contributed by atoms with E-state index in [-0.39, 0.29) is 5.78 Å². The SMILES string of the molecule is CC(=O)Cc1cnc2[nH]cc(Cc3ccc(NCc4ccc(Cl)nc4)nc3F)c2c1. The number of carbonyl (C=O) groups excluding carboxylic acids is 1. The molecule has 0 aliphatic carbocycles. The lowest BCUT2D eigenvalue weighted by molar-refractivity contribution is -0.116. The number of pyridine rings is 3. The first-order valence-electron chi connectivity index (χ1n) is 9.42. The van der Waals surface area contributed by atoms with E-state index in [0.29, 0.717) is 41.6 Å². The normalized spacial score (nSPS) is 11.0. The summed E-state index contributed by atoms with van der Waals surface area (Å²) in [6, 6.07) is 8.94. The number of H-pyrrole nitrogens is 1. The molecule has 2 N–H and O–H groups in total. The highest BCUT2D eigenvalue weighted by atomic mass is 35.5. The topological polar surface area (TPSA) is 83.6 Å². The van der Waals surface area contributed by atoms with Crippen LogP contribution in [0.15, 0.2) is 48.9 Å². The molecule has 0 unspecified atom stereocenters. The monoisotopic (exact) mass is 423 g/mol. The van der Waals surface area contributed by atoms with Gasteiger partial charge >= 0.3 is 0 Å². The highest BCUT2D eigenvalue weighted by molar-refractivity contribution is 6.29. The second kappa shape index (κ2) is 8.59. The molecule has 30 heavy (non-hydrogen) atoms. The van der Waals surface area contributed by atoms with Crippen LogP contribution in [0.5, 0.6) is 0 Å². The quantitative estimate of drug-likeness (QED) is 0.428. The summed E-state index contributed by atoms with van der Waals surface area (Å²) in [5, 5.41) is 4.38. The van der Waals surface area contributed by atoms with Crippen LogP contribution in [0.3, 0.4) is 0 Å². The fourth-order valence-corrected chi connectivity index (χ4v) is 3.35. The van der Waals surface area contributed by atoms with Crippen molar-refractivity contribution in [3.05, 3.63) is 82.3 Å². The summed E-state index contributed by atoms with van der Waals surface area (Å²) in [6.45, 7) is 2.01. The van der Waals surface area contributed by atoms with E-state index in [2.05, 4.69) is 25.3 Å². The first-order chi connectivity index (χ1) is 14.5. The fraction of sp³-hybridized carbons (Fsp3) is 0.182. The van der Waals surface area contributed by atoms with Gasteiger partial charge in [-0.05, 0) is 41.8 Å². The molecule has 0 radical (unpaired) electrons. The molecule has 0 saturated heterocycles. The minimum Gasteiger partial charge on any atom is -0.366 e. The number of aromatic nitrogens is 4. The number of hydrogen-bond donors (Lipinski definition) is 2. The van der Waals surface area contributed by atoms with Crippen molar-refractivity contribution in [1.82, 2.24) is 19.9 Å². The number of aromatic amines is 1. The van der Waals surface area contributed by atoms with Crippen LogP contribution < -0.4 is 5.32 Å². The number of Topliss-reactive ketones (excluding diaryl/α,β-unsaturated/α-hetero) is 1. The molecule has 0 aliphatic rings. The van der Waals surface area contributed by atoms with E-state index in [1.807, 2.05) is 18.3 Å². The van der Waals surface area contributed by atoms with E-state index in [9.17, 15) is 9.18 Å². The summed E-state index contributed by atoms with van der Waals surface area (Å²) in [5.74, 6) is -0.0204. The molecule has 0 spiro atoms. The summed E-state index contributed by atoms with van der Waals surface area (Å²) in [4.78, 5) is 26.9. The molecule has 8 heteroatoms. The standard InChI is InChI=1S/C22H19ClFN5O/c1-13(30)6-15-7-18-17(12-28-22(18)27-11-15)8-16-3-5-20(29-21(16)24)26-10-14-2-4-19(23)25-9-14/h2-5,7,9,11-12H,6,8,10H2,1H3,(H,26,29)(H,27,28). The maximum Gasteiger partial charge on any atom is 0.218 e. The molecular formula is C22H19ClFN5O. The molecule has 4 aromatic heterocycles. The smallest absolute Gasteiger partial charge is 0.218 e. The third-order valence-electron chi connectivity index (χ3n) is 4.70. The maximum absolute atomic E-state index is 14.6. The molecule has 4 heterocycles. The van der Waals surface area contributed by atoms with Crippen molar-refractivity contribution in [2.24, 2.45) is 0 Å². The van der Waals surface area contributed by atoms with E-state index in [4.69, 9.17) is 11.6 Å². The van der Waals surface area contributed by atoms with Crippen LogP contribution in [0.4, 0.5) is 10.2 Å². The van der Waals surface area contributed by atoms with Gasteiger partial charge < -0.3 is 10.3 Å². The van der Waals surface area contributed by atoms with Gasteiger partial charge in [0.25, 0.3) is 0 Å². The van der Waals surface area contributed by atoms with E-state index in [0.717, 1.165) is 22.1 Å². The van der Waals surface area contributed by atoms with Gasteiger partial charge in [0.1, 0.15) is 22.4 Å². The van der Waals surface area contributed by atoms with Crippen molar-refractivity contribution in [2.75, 3.05) is 5.32 Å². The van der Waals surface area contributed by atoms with Gasteiger partial charge in [0.2, 0.25) is 5.95 Å². The Hall–Kier alpha value is -3.32. The molecule has 0 atom stereocenters. The first-order valence-corrected chi connectivity index (χ1v) is 9.80. The Morgan fingerprint density at radius 1 is 1.13 bits per heavy atom. The summed E-state index contributed by atoms with van der Waals surface area (Å²) in [6.07, 6.45) is 5.85. The van der Waals surface area contributed by atoms with Crippen molar-refractivity contribution < 1.29 is 9.18 Å². The number of anilines is 1. The highest BCUT2D eigenvalue weighted by Gasteiger charge is 2.12. The predicted octanol–water partition coefficient (Wildman–Crippen LogP) is 4.48. The second-order valence-corrected chi connectivity index (χ2v) is 7.49. The third kappa shape index (κ3) is 4.63. The van der Waals surface area contributed by atoms with Crippen LogP contribution >= 0.6 is 11.6 Å². The largest absolute Gasteiger partial charge is 0.366 e. The minimum atomic E-state index is -0.531. The van der Waals surface area contributed by atoms with Gasteiger partial charge in [0, 0.05) is 48.9 Å². The van der Waals surface area contributed by atoms with Crippen molar-refractivity contribution in [3.63, 3.8) is 0 Å². The molecule has 4 rings (SSSR count). The first kappa shape index (κ1) is 20.0. The van der Waals surface area contributed by atoms with Gasteiger partial charge in [0.15, 0.2) is 0 Å². The van der Waals surface area contributed by atoms with Crippen LogP contribution in [0.1, 0.15) is 29.2 Å². The summed E-state index contributed by atoms with van der Waals surface area (Å²) in [5.41, 5.74) is 3.84. The van der Waals surface area contributed by atoms with Crippen LogP contribution in [-0.4, -0.2) is 25.7 Å². The lowest BCUT2D eigenvalue weighted by Gasteiger charge is -2.08. The maximum atomic E-state index is 14.6. The van der Waals surface area contributed by atoms with Crippen LogP contribution in [-0.2, 0) is 24.2 Å². The Labute approximate surface area is 177 Å². The lowest BCUT2D eigenvalue weighted by atomic mass is 10.0. The van der Waals surface area contributed by atoms with E-state index in [1.54, 1.807) is 37.5 Å². The molecule has 0 aromatic carbocycles.